The minimum absolute atomic E-state index is 0.910. The van der Waals surface area contributed by atoms with Gasteiger partial charge in [0.2, 0.25) is 0 Å². The van der Waals surface area contributed by atoms with Gasteiger partial charge in [-0.1, -0.05) is 57.1 Å². The summed E-state index contributed by atoms with van der Waals surface area (Å²) >= 11 is 0. The molecule has 0 rings (SSSR count). The first-order valence-electron chi connectivity index (χ1n) is 8.55. The maximum absolute atomic E-state index is 4.04. The molecule has 0 aliphatic heterocycles. The molecule has 0 fully saturated rings. The molecule has 1 unspecified atom stereocenters. The summed E-state index contributed by atoms with van der Waals surface area (Å²) in [5, 5.41) is 0. The van der Waals surface area contributed by atoms with Gasteiger partial charge in [0.15, 0.2) is 0 Å². The third-order valence-corrected chi connectivity index (χ3v) is 4.38. The standard InChI is InChI=1S/C20H36/c1-6-13-20(16-11-9-14-18(4)7-2)17-12-10-15-19(5)8-3/h7,20H,1,6,9-17H2,2-5H3/b18-7+. The van der Waals surface area contributed by atoms with E-state index in [0.29, 0.717) is 0 Å². The predicted octanol–water partition coefficient (Wildman–Crippen LogP) is 7.07. The van der Waals surface area contributed by atoms with Gasteiger partial charge in [0.1, 0.15) is 0 Å². The van der Waals surface area contributed by atoms with Gasteiger partial charge in [-0.3, -0.25) is 5.57 Å². The van der Waals surface area contributed by atoms with Crippen molar-refractivity contribution in [1.29, 1.82) is 0 Å². The summed E-state index contributed by atoms with van der Waals surface area (Å²) in [6, 6.07) is 0. The van der Waals surface area contributed by atoms with Gasteiger partial charge in [-0.25, -0.2) is 0 Å². The molecule has 0 aliphatic carbocycles. The SMILES string of the molecule is [CH2+]CCC(CCCCC(C)=[C-]C)CCCC/C(C)=C/C. The third kappa shape index (κ3) is 11.2. The smallest absolute Gasteiger partial charge is 0.0853 e. The van der Waals surface area contributed by atoms with Crippen LogP contribution in [0.15, 0.2) is 17.2 Å². The van der Waals surface area contributed by atoms with Crippen LogP contribution >= 0.6 is 0 Å². The Kier molecular flexibility index (Phi) is 12.9. The van der Waals surface area contributed by atoms with Crippen LogP contribution in [0.1, 0.15) is 91.9 Å². The Balaban J connectivity index is 3.75. The number of hydrogen-bond donors (Lipinski definition) is 0. The first kappa shape index (κ1) is 19.4. The molecule has 0 aromatic heterocycles. The van der Waals surface area contributed by atoms with E-state index in [2.05, 4.69) is 39.8 Å². The van der Waals surface area contributed by atoms with Gasteiger partial charge in [-0.2, -0.15) is 6.92 Å². The molecular formula is C20H36. The molecular weight excluding hydrogens is 240 g/mol. The van der Waals surface area contributed by atoms with E-state index in [-0.39, 0.29) is 0 Å². The van der Waals surface area contributed by atoms with Crippen LogP contribution in [-0.4, -0.2) is 0 Å². The molecule has 116 valence electrons. The molecule has 0 saturated heterocycles. The monoisotopic (exact) mass is 276 g/mol. The Labute approximate surface area is 128 Å². The zero-order valence-corrected chi connectivity index (χ0v) is 14.4. The minimum Gasteiger partial charge on any atom is -0.501 e. The summed E-state index contributed by atoms with van der Waals surface area (Å²) in [6.07, 6.45) is 18.7. The summed E-state index contributed by atoms with van der Waals surface area (Å²) in [5.74, 6) is 0.910. The van der Waals surface area contributed by atoms with Crippen LogP contribution in [0.5, 0.6) is 0 Å². The number of rotatable bonds is 12. The average Bonchev–Trinajstić information content (AvgIpc) is 2.46. The number of unbranched alkanes of at least 4 members (excludes halogenated alkanes) is 2. The van der Waals surface area contributed by atoms with Gasteiger partial charge in [-0.05, 0) is 39.0 Å². The second-order valence-electron chi connectivity index (χ2n) is 6.17. The molecule has 0 N–H and O–H groups in total. The summed E-state index contributed by atoms with van der Waals surface area (Å²) in [6.45, 7) is 12.6. The van der Waals surface area contributed by atoms with Gasteiger partial charge < -0.3 is 6.08 Å². The molecule has 1 atom stereocenters. The van der Waals surface area contributed by atoms with Crippen LogP contribution in [0.3, 0.4) is 0 Å². The highest BCUT2D eigenvalue weighted by Gasteiger charge is 2.08. The molecule has 0 amide bonds. The maximum atomic E-state index is 4.04. The number of hydrogen-bond acceptors (Lipinski definition) is 0. The quantitative estimate of drug-likeness (QED) is 0.203. The molecule has 20 heavy (non-hydrogen) atoms. The van der Waals surface area contributed by atoms with E-state index in [4.69, 9.17) is 0 Å². The van der Waals surface area contributed by atoms with Crippen LogP contribution in [0.25, 0.3) is 0 Å². The predicted molar refractivity (Wildman–Crippen MR) is 92.6 cm³/mol. The first-order chi connectivity index (χ1) is 9.63. The molecule has 0 radical (unpaired) electrons. The second-order valence-corrected chi connectivity index (χ2v) is 6.17. The summed E-state index contributed by atoms with van der Waals surface area (Å²) in [4.78, 5) is 0. The van der Waals surface area contributed by atoms with Gasteiger partial charge >= 0.3 is 0 Å². The van der Waals surface area contributed by atoms with E-state index in [1.54, 1.807) is 0 Å². The summed E-state index contributed by atoms with van der Waals surface area (Å²) < 4.78 is 0. The van der Waals surface area contributed by atoms with Crippen molar-refractivity contribution >= 4 is 0 Å². The fourth-order valence-corrected chi connectivity index (χ4v) is 2.65. The summed E-state index contributed by atoms with van der Waals surface area (Å²) in [7, 11) is 0. The molecule has 0 aromatic carbocycles. The van der Waals surface area contributed by atoms with Crippen LogP contribution in [0.4, 0.5) is 0 Å². The maximum Gasteiger partial charge on any atom is 0.0853 e. The normalized spacial score (nSPS) is 14.6. The van der Waals surface area contributed by atoms with Crippen molar-refractivity contribution in [2.45, 2.75) is 91.9 Å². The lowest BCUT2D eigenvalue weighted by molar-refractivity contribution is 0.389. The Hall–Kier alpha value is -0.650. The highest BCUT2D eigenvalue weighted by molar-refractivity contribution is 4.94. The van der Waals surface area contributed by atoms with E-state index < -0.39 is 0 Å². The molecule has 0 aromatic rings. The van der Waals surface area contributed by atoms with Crippen molar-refractivity contribution in [3.05, 3.63) is 30.2 Å². The zero-order valence-electron chi connectivity index (χ0n) is 14.4. The second kappa shape index (κ2) is 13.3. The van der Waals surface area contributed by atoms with Gasteiger partial charge in [0.05, 0.1) is 13.3 Å². The van der Waals surface area contributed by atoms with Gasteiger partial charge in [-0.15, -0.1) is 0 Å². The van der Waals surface area contributed by atoms with Crippen molar-refractivity contribution in [2.75, 3.05) is 0 Å². The molecule has 0 bridgehead atoms. The van der Waals surface area contributed by atoms with E-state index in [1.807, 2.05) is 6.92 Å². The Morgan fingerprint density at radius 3 is 2.10 bits per heavy atom. The van der Waals surface area contributed by atoms with Crippen molar-refractivity contribution in [2.24, 2.45) is 5.92 Å². The van der Waals surface area contributed by atoms with Gasteiger partial charge in [0.25, 0.3) is 0 Å². The van der Waals surface area contributed by atoms with Crippen LogP contribution in [0, 0.1) is 18.9 Å². The number of allylic oxidation sites excluding steroid dienone is 4. The molecule has 0 nitrogen and oxygen atoms in total. The Morgan fingerprint density at radius 1 is 1.00 bits per heavy atom. The molecule has 0 aliphatic rings. The third-order valence-electron chi connectivity index (χ3n) is 4.38. The van der Waals surface area contributed by atoms with Crippen LogP contribution in [-0.2, 0) is 0 Å². The minimum atomic E-state index is 0.910. The van der Waals surface area contributed by atoms with E-state index in [1.165, 1.54) is 68.9 Å². The molecule has 0 heteroatoms. The van der Waals surface area contributed by atoms with Crippen LogP contribution < -0.4 is 0 Å². The van der Waals surface area contributed by atoms with Gasteiger partial charge in [0, 0.05) is 0 Å². The largest absolute Gasteiger partial charge is 0.501 e. The zero-order chi connectivity index (χ0) is 15.2. The van der Waals surface area contributed by atoms with Crippen molar-refractivity contribution < 1.29 is 0 Å². The Bertz CT molecular complexity index is 244. The first-order valence-corrected chi connectivity index (χ1v) is 8.55. The van der Waals surface area contributed by atoms with Crippen LogP contribution in [0.2, 0.25) is 0 Å². The van der Waals surface area contributed by atoms with E-state index in [9.17, 15) is 0 Å². The summed E-state index contributed by atoms with van der Waals surface area (Å²) in [5.41, 5.74) is 2.96. The van der Waals surface area contributed by atoms with E-state index in [0.717, 1.165) is 12.3 Å². The Morgan fingerprint density at radius 2 is 1.60 bits per heavy atom. The van der Waals surface area contributed by atoms with Crippen molar-refractivity contribution in [1.82, 2.24) is 0 Å². The molecule has 0 heterocycles. The highest BCUT2D eigenvalue weighted by Crippen LogP contribution is 2.23. The van der Waals surface area contributed by atoms with Crippen molar-refractivity contribution in [3.63, 3.8) is 0 Å². The lowest BCUT2D eigenvalue weighted by Gasteiger charge is -2.16. The fraction of sp³-hybridized carbons (Fsp3) is 0.750. The van der Waals surface area contributed by atoms with Crippen molar-refractivity contribution in [3.8, 4) is 0 Å². The van der Waals surface area contributed by atoms with E-state index >= 15 is 0 Å². The lowest BCUT2D eigenvalue weighted by Crippen LogP contribution is -2.01. The topological polar surface area (TPSA) is 0 Å². The fourth-order valence-electron chi connectivity index (χ4n) is 2.65. The average molecular weight is 277 g/mol. The molecule has 0 saturated carbocycles. The highest BCUT2D eigenvalue weighted by atomic mass is 14.1. The lowest BCUT2D eigenvalue weighted by atomic mass is 9.90. The molecule has 0 spiro atoms.